The van der Waals surface area contributed by atoms with E-state index in [1.54, 1.807) is 20.3 Å². The molecule has 6 heteroatoms. The Bertz CT molecular complexity index is 474. The Kier molecular flexibility index (Phi) is 5.15. The van der Waals surface area contributed by atoms with Gasteiger partial charge in [0.1, 0.15) is 4.88 Å². The van der Waals surface area contributed by atoms with Crippen LogP contribution in [-0.4, -0.2) is 55.5 Å². The molecule has 1 aromatic rings. The number of methoxy groups -OCH3 is 2. The van der Waals surface area contributed by atoms with Gasteiger partial charge in [0, 0.05) is 38.2 Å². The summed E-state index contributed by atoms with van der Waals surface area (Å²) in [6.45, 7) is 4.27. The Labute approximate surface area is 123 Å². The fourth-order valence-corrected chi connectivity index (χ4v) is 3.54. The number of nitrogens with zero attached hydrogens (tertiary/aromatic N) is 1. The molecule has 2 atom stereocenters. The van der Waals surface area contributed by atoms with E-state index in [1.807, 2.05) is 6.92 Å². The van der Waals surface area contributed by atoms with Crippen LogP contribution in [0.5, 0.6) is 0 Å². The summed E-state index contributed by atoms with van der Waals surface area (Å²) >= 11 is 1.34. The molecule has 0 saturated carbocycles. The third-order valence-corrected chi connectivity index (χ3v) is 4.87. The highest BCUT2D eigenvalue weighted by molar-refractivity contribution is 7.14. The van der Waals surface area contributed by atoms with E-state index >= 15 is 0 Å². The van der Waals surface area contributed by atoms with Crippen molar-refractivity contribution in [2.75, 3.05) is 27.4 Å². The van der Waals surface area contributed by atoms with E-state index in [0.717, 1.165) is 30.0 Å². The summed E-state index contributed by atoms with van der Waals surface area (Å²) in [7, 11) is 3.44. The van der Waals surface area contributed by atoms with Gasteiger partial charge < -0.3 is 14.6 Å². The van der Waals surface area contributed by atoms with Gasteiger partial charge in [-0.15, -0.1) is 11.3 Å². The number of aryl methyl sites for hydroxylation is 1. The number of hydrogen-bond acceptors (Lipinski definition) is 5. The molecular formula is C14H21NO4S. The lowest BCUT2D eigenvalue weighted by molar-refractivity contribution is 0.0702. The molecule has 112 valence electrons. The molecule has 0 unspecified atom stereocenters. The van der Waals surface area contributed by atoms with Crippen molar-refractivity contribution < 1.29 is 19.4 Å². The number of thiophene rings is 1. The summed E-state index contributed by atoms with van der Waals surface area (Å²) < 4.78 is 10.7. The molecule has 2 rings (SSSR count). The lowest BCUT2D eigenvalue weighted by Crippen LogP contribution is -2.32. The number of likely N-dealkylation sites (tertiary alicyclic amines) is 1. The van der Waals surface area contributed by atoms with Gasteiger partial charge in [0.25, 0.3) is 0 Å². The number of rotatable bonds is 6. The largest absolute Gasteiger partial charge is 0.477 e. The second-order valence-corrected chi connectivity index (χ2v) is 6.39. The smallest absolute Gasteiger partial charge is 0.345 e. The van der Waals surface area contributed by atoms with Gasteiger partial charge in [-0.2, -0.15) is 0 Å². The number of carbonyl (C=O) groups is 1. The summed E-state index contributed by atoms with van der Waals surface area (Å²) in [5.74, 6) is -0.853. The minimum absolute atomic E-state index is 0.230. The van der Waals surface area contributed by atoms with Gasteiger partial charge in [-0.25, -0.2) is 4.79 Å². The molecule has 1 aliphatic heterocycles. The molecule has 0 amide bonds. The monoisotopic (exact) mass is 299 g/mol. The van der Waals surface area contributed by atoms with Gasteiger partial charge in [0.2, 0.25) is 0 Å². The number of ether oxygens (including phenoxy) is 2. The van der Waals surface area contributed by atoms with Crippen LogP contribution in [0.25, 0.3) is 0 Å². The van der Waals surface area contributed by atoms with E-state index in [9.17, 15) is 4.79 Å². The Morgan fingerprint density at radius 2 is 2.30 bits per heavy atom. The minimum Gasteiger partial charge on any atom is -0.477 e. The highest BCUT2D eigenvalue weighted by atomic mass is 32.1. The quantitative estimate of drug-likeness (QED) is 0.870. The second kappa shape index (κ2) is 6.67. The van der Waals surface area contributed by atoms with Crippen LogP contribution in [0.3, 0.4) is 0 Å². The van der Waals surface area contributed by atoms with Crippen LogP contribution in [0.4, 0.5) is 0 Å². The molecule has 1 aliphatic rings. The predicted molar refractivity (Wildman–Crippen MR) is 77.5 cm³/mol. The lowest BCUT2D eigenvalue weighted by atomic mass is 10.2. The van der Waals surface area contributed by atoms with Gasteiger partial charge in [0.15, 0.2) is 0 Å². The Balaban J connectivity index is 2.09. The third kappa shape index (κ3) is 3.38. The lowest BCUT2D eigenvalue weighted by Gasteiger charge is -2.23. The summed E-state index contributed by atoms with van der Waals surface area (Å²) in [6.07, 6.45) is 1.19. The Morgan fingerprint density at radius 3 is 2.85 bits per heavy atom. The van der Waals surface area contributed by atoms with Gasteiger partial charge in [-0.1, -0.05) is 0 Å². The first-order chi connectivity index (χ1) is 9.55. The molecule has 20 heavy (non-hydrogen) atoms. The van der Waals surface area contributed by atoms with Crippen molar-refractivity contribution in [1.29, 1.82) is 0 Å². The summed E-state index contributed by atoms with van der Waals surface area (Å²) in [5.41, 5.74) is 1.09. The fourth-order valence-electron chi connectivity index (χ4n) is 2.67. The van der Waals surface area contributed by atoms with Crippen LogP contribution in [-0.2, 0) is 16.0 Å². The summed E-state index contributed by atoms with van der Waals surface area (Å²) in [6, 6.07) is 2.12. The molecule has 1 aromatic heterocycles. The summed E-state index contributed by atoms with van der Waals surface area (Å²) in [4.78, 5) is 14.8. The van der Waals surface area contributed by atoms with Crippen molar-refractivity contribution in [3.8, 4) is 0 Å². The zero-order valence-electron chi connectivity index (χ0n) is 12.1. The molecule has 1 fully saturated rings. The van der Waals surface area contributed by atoms with Crippen LogP contribution >= 0.6 is 11.3 Å². The zero-order chi connectivity index (χ0) is 14.7. The molecular weight excluding hydrogens is 278 g/mol. The Morgan fingerprint density at radius 1 is 1.55 bits per heavy atom. The standard InChI is InChI=1S/C14H21NO4S/c1-9-10(4-13(20-9)14(16)17)6-15-7-12(19-3)5-11(15)8-18-2/h4,11-12H,5-8H2,1-3H3,(H,16,17)/t11-,12-/m0/s1. The maximum absolute atomic E-state index is 11.0. The summed E-state index contributed by atoms with van der Waals surface area (Å²) in [5, 5.41) is 9.06. The second-order valence-electron chi connectivity index (χ2n) is 5.13. The fraction of sp³-hybridized carbons (Fsp3) is 0.643. The van der Waals surface area contributed by atoms with E-state index in [-0.39, 0.29) is 6.10 Å². The first-order valence-electron chi connectivity index (χ1n) is 6.63. The van der Waals surface area contributed by atoms with E-state index in [2.05, 4.69) is 4.90 Å². The van der Waals surface area contributed by atoms with Crippen molar-refractivity contribution in [2.45, 2.75) is 32.0 Å². The average Bonchev–Trinajstić information content (AvgIpc) is 2.96. The number of carboxylic acids is 1. The number of hydrogen-bond donors (Lipinski definition) is 1. The van der Waals surface area contributed by atoms with Gasteiger partial charge in [-0.05, 0) is 25.0 Å². The van der Waals surface area contributed by atoms with Crippen molar-refractivity contribution in [3.05, 3.63) is 21.4 Å². The van der Waals surface area contributed by atoms with Crippen molar-refractivity contribution >= 4 is 17.3 Å². The van der Waals surface area contributed by atoms with E-state index in [0.29, 0.717) is 17.5 Å². The van der Waals surface area contributed by atoms with Crippen molar-refractivity contribution in [3.63, 3.8) is 0 Å². The van der Waals surface area contributed by atoms with Crippen LogP contribution < -0.4 is 0 Å². The molecule has 5 nitrogen and oxygen atoms in total. The normalized spacial score (nSPS) is 23.4. The van der Waals surface area contributed by atoms with Crippen molar-refractivity contribution in [1.82, 2.24) is 4.90 Å². The highest BCUT2D eigenvalue weighted by Gasteiger charge is 2.32. The molecule has 0 aromatic carbocycles. The van der Waals surface area contributed by atoms with Crippen molar-refractivity contribution in [2.24, 2.45) is 0 Å². The molecule has 0 bridgehead atoms. The van der Waals surface area contributed by atoms with Gasteiger partial charge >= 0.3 is 5.97 Å². The van der Waals surface area contributed by atoms with Crippen LogP contribution in [0, 0.1) is 6.92 Å². The predicted octanol–water partition coefficient (Wildman–Crippen LogP) is 1.99. The average molecular weight is 299 g/mol. The molecule has 0 aliphatic carbocycles. The van der Waals surface area contributed by atoms with E-state index in [1.165, 1.54) is 11.3 Å². The minimum atomic E-state index is -0.853. The third-order valence-electron chi connectivity index (χ3n) is 3.79. The van der Waals surface area contributed by atoms with E-state index in [4.69, 9.17) is 14.6 Å². The SMILES string of the molecule is COC[C@@H]1C[C@H](OC)CN1Cc1cc(C(=O)O)sc1C. The molecule has 0 radical (unpaired) electrons. The number of aromatic carboxylic acids is 1. The Hall–Kier alpha value is -0.950. The molecule has 2 heterocycles. The van der Waals surface area contributed by atoms with Gasteiger partial charge in [0.05, 0.1) is 12.7 Å². The first-order valence-corrected chi connectivity index (χ1v) is 7.45. The van der Waals surface area contributed by atoms with Crippen LogP contribution in [0.15, 0.2) is 6.07 Å². The number of carboxylic acid groups (broad SMARTS) is 1. The highest BCUT2D eigenvalue weighted by Crippen LogP contribution is 2.27. The maximum atomic E-state index is 11.0. The van der Waals surface area contributed by atoms with Crippen LogP contribution in [0.1, 0.15) is 26.5 Å². The first kappa shape index (κ1) is 15.4. The van der Waals surface area contributed by atoms with Gasteiger partial charge in [-0.3, -0.25) is 4.90 Å². The topological polar surface area (TPSA) is 59.0 Å². The van der Waals surface area contributed by atoms with E-state index < -0.39 is 5.97 Å². The maximum Gasteiger partial charge on any atom is 0.345 e. The molecule has 1 N–H and O–H groups in total. The van der Waals surface area contributed by atoms with Crippen LogP contribution in [0.2, 0.25) is 0 Å². The zero-order valence-corrected chi connectivity index (χ0v) is 12.9. The molecule has 0 spiro atoms. The molecule has 1 saturated heterocycles.